The van der Waals surface area contributed by atoms with Gasteiger partial charge in [-0.25, -0.2) is 4.79 Å². The number of amides is 2. The minimum atomic E-state index is -1.13. The van der Waals surface area contributed by atoms with Gasteiger partial charge in [0.2, 0.25) is 5.91 Å². The van der Waals surface area contributed by atoms with Gasteiger partial charge >= 0.3 is 5.97 Å². The largest absolute Gasteiger partial charge is 0.448 e. The van der Waals surface area contributed by atoms with E-state index in [-0.39, 0.29) is 11.5 Å². The van der Waals surface area contributed by atoms with E-state index in [4.69, 9.17) is 4.74 Å². The van der Waals surface area contributed by atoms with Gasteiger partial charge in [0.15, 0.2) is 11.9 Å². The van der Waals surface area contributed by atoms with Crippen molar-refractivity contribution in [2.24, 2.45) is 0 Å². The molecule has 150 valence electrons. The van der Waals surface area contributed by atoms with Crippen molar-refractivity contribution in [3.63, 3.8) is 0 Å². The standard InChI is InChI=1S/C22H22N2O5/c1-14(25)18-10-7-11-19(13-18)24-21(27)15(2)29-22(28)20(23-16(3)26)12-17-8-5-4-6-9-17/h4-13,15H,1-3H3,(H,23,26)(H,24,27)/b20-12-/t15-/m0/s1. The number of esters is 1. The van der Waals surface area contributed by atoms with Gasteiger partial charge in [0.05, 0.1) is 0 Å². The second kappa shape index (κ2) is 9.98. The van der Waals surface area contributed by atoms with Gasteiger partial charge in [-0.3, -0.25) is 14.4 Å². The summed E-state index contributed by atoms with van der Waals surface area (Å²) in [4.78, 5) is 47.7. The van der Waals surface area contributed by atoms with E-state index >= 15 is 0 Å². The molecule has 0 aliphatic heterocycles. The van der Waals surface area contributed by atoms with Crippen LogP contribution >= 0.6 is 0 Å². The lowest BCUT2D eigenvalue weighted by atomic mass is 10.1. The van der Waals surface area contributed by atoms with Gasteiger partial charge in [-0.2, -0.15) is 0 Å². The van der Waals surface area contributed by atoms with Gasteiger partial charge in [0.25, 0.3) is 5.91 Å². The third-order valence-electron chi connectivity index (χ3n) is 3.83. The van der Waals surface area contributed by atoms with E-state index in [1.165, 1.54) is 32.9 Å². The highest BCUT2D eigenvalue weighted by atomic mass is 16.5. The van der Waals surface area contributed by atoms with Crippen LogP contribution in [0.5, 0.6) is 0 Å². The van der Waals surface area contributed by atoms with E-state index in [1.54, 1.807) is 42.5 Å². The van der Waals surface area contributed by atoms with Gasteiger partial charge < -0.3 is 15.4 Å². The molecule has 0 saturated carbocycles. The molecule has 0 unspecified atom stereocenters. The molecule has 0 aliphatic carbocycles. The van der Waals surface area contributed by atoms with Crippen LogP contribution in [0.4, 0.5) is 5.69 Å². The van der Waals surface area contributed by atoms with E-state index in [0.29, 0.717) is 16.8 Å². The molecule has 0 spiro atoms. The van der Waals surface area contributed by atoms with Gasteiger partial charge in [0.1, 0.15) is 5.70 Å². The number of benzene rings is 2. The summed E-state index contributed by atoms with van der Waals surface area (Å²) in [6, 6.07) is 15.3. The van der Waals surface area contributed by atoms with E-state index in [2.05, 4.69) is 10.6 Å². The molecule has 7 nitrogen and oxygen atoms in total. The second-order valence-electron chi connectivity index (χ2n) is 6.32. The summed E-state index contributed by atoms with van der Waals surface area (Å²) < 4.78 is 5.20. The molecule has 0 aliphatic rings. The minimum absolute atomic E-state index is 0.0815. The number of nitrogens with one attached hydrogen (secondary N) is 2. The average molecular weight is 394 g/mol. The SMILES string of the molecule is CC(=O)N/C(=C\c1ccccc1)C(=O)O[C@@H](C)C(=O)Nc1cccc(C(C)=O)c1. The summed E-state index contributed by atoms with van der Waals surface area (Å²) in [5.41, 5.74) is 1.46. The molecule has 0 fully saturated rings. The maximum absolute atomic E-state index is 12.5. The Kier molecular flexibility index (Phi) is 7.42. The Hall–Kier alpha value is -3.74. The van der Waals surface area contributed by atoms with Crippen molar-refractivity contribution in [2.75, 3.05) is 5.32 Å². The number of hydrogen-bond donors (Lipinski definition) is 2. The highest BCUT2D eigenvalue weighted by molar-refractivity contribution is 6.01. The van der Waals surface area contributed by atoms with Crippen molar-refractivity contribution in [1.29, 1.82) is 0 Å². The first-order valence-corrected chi connectivity index (χ1v) is 8.93. The molecule has 0 bridgehead atoms. The van der Waals surface area contributed by atoms with Crippen molar-refractivity contribution in [2.45, 2.75) is 26.9 Å². The average Bonchev–Trinajstić information content (AvgIpc) is 2.68. The van der Waals surface area contributed by atoms with Crippen molar-refractivity contribution in [3.05, 3.63) is 71.4 Å². The Labute approximate surface area is 168 Å². The zero-order valence-electron chi connectivity index (χ0n) is 16.4. The van der Waals surface area contributed by atoms with Crippen molar-refractivity contribution in [3.8, 4) is 0 Å². The fourth-order valence-electron chi connectivity index (χ4n) is 2.39. The van der Waals surface area contributed by atoms with Crippen LogP contribution in [-0.2, 0) is 19.1 Å². The van der Waals surface area contributed by atoms with E-state index in [9.17, 15) is 19.2 Å². The molecule has 29 heavy (non-hydrogen) atoms. The van der Waals surface area contributed by atoms with E-state index in [0.717, 1.165) is 0 Å². The number of ketones is 1. The lowest BCUT2D eigenvalue weighted by molar-refractivity contribution is -0.149. The van der Waals surface area contributed by atoms with Crippen LogP contribution in [0.15, 0.2) is 60.3 Å². The fourth-order valence-corrected chi connectivity index (χ4v) is 2.39. The Balaban J connectivity index is 2.09. The Bertz CT molecular complexity index is 951. The summed E-state index contributed by atoms with van der Waals surface area (Å²) in [6.07, 6.45) is 0.335. The fraction of sp³-hybridized carbons (Fsp3) is 0.182. The zero-order chi connectivity index (χ0) is 21.4. The Morgan fingerprint density at radius 3 is 2.28 bits per heavy atom. The normalized spacial score (nSPS) is 11.9. The predicted molar refractivity (Wildman–Crippen MR) is 109 cm³/mol. The molecule has 2 aromatic rings. The summed E-state index contributed by atoms with van der Waals surface area (Å²) >= 11 is 0. The molecule has 0 radical (unpaired) electrons. The van der Waals surface area contributed by atoms with Crippen LogP contribution in [0.3, 0.4) is 0 Å². The summed E-state index contributed by atoms with van der Waals surface area (Å²) in [7, 11) is 0. The number of hydrogen-bond acceptors (Lipinski definition) is 5. The molecule has 2 rings (SSSR count). The first-order valence-electron chi connectivity index (χ1n) is 8.93. The Morgan fingerprint density at radius 1 is 0.966 bits per heavy atom. The third-order valence-corrected chi connectivity index (χ3v) is 3.83. The number of rotatable bonds is 7. The quantitative estimate of drug-likeness (QED) is 0.427. The molecule has 2 aromatic carbocycles. The Morgan fingerprint density at radius 2 is 1.66 bits per heavy atom. The highest BCUT2D eigenvalue weighted by Gasteiger charge is 2.21. The molecule has 1 atom stereocenters. The minimum Gasteiger partial charge on any atom is -0.448 e. The molecular formula is C22H22N2O5. The maximum atomic E-state index is 12.5. The maximum Gasteiger partial charge on any atom is 0.355 e. The van der Waals surface area contributed by atoms with Gasteiger partial charge in [0, 0.05) is 18.2 Å². The smallest absolute Gasteiger partial charge is 0.355 e. The highest BCUT2D eigenvalue weighted by Crippen LogP contribution is 2.13. The molecule has 0 aromatic heterocycles. The lowest BCUT2D eigenvalue weighted by Crippen LogP contribution is -2.33. The number of Topliss-reactive ketones (excluding diaryl/α,β-unsaturated/α-hetero) is 1. The molecule has 0 heterocycles. The summed E-state index contributed by atoms with van der Waals surface area (Å²) in [5, 5.41) is 5.02. The van der Waals surface area contributed by atoms with Crippen LogP contribution < -0.4 is 10.6 Å². The van der Waals surface area contributed by atoms with Gasteiger partial charge in [-0.05, 0) is 37.6 Å². The monoisotopic (exact) mass is 394 g/mol. The van der Waals surface area contributed by atoms with Crippen LogP contribution in [0.1, 0.15) is 36.7 Å². The lowest BCUT2D eigenvalue weighted by Gasteiger charge is -2.15. The molecule has 2 N–H and O–H groups in total. The number of carbonyl (C=O) groups excluding carboxylic acids is 4. The second-order valence-corrected chi connectivity index (χ2v) is 6.32. The summed E-state index contributed by atoms with van der Waals surface area (Å²) in [5.74, 6) is -1.99. The first kappa shape index (κ1) is 21.6. The van der Waals surface area contributed by atoms with Crippen LogP contribution in [-0.4, -0.2) is 29.7 Å². The van der Waals surface area contributed by atoms with E-state index in [1.807, 2.05) is 6.07 Å². The number of anilines is 1. The van der Waals surface area contributed by atoms with Crippen LogP contribution in [0.2, 0.25) is 0 Å². The third kappa shape index (κ3) is 6.73. The van der Waals surface area contributed by atoms with Gasteiger partial charge in [-0.15, -0.1) is 0 Å². The number of carbonyl (C=O) groups is 4. The van der Waals surface area contributed by atoms with Crippen molar-refractivity contribution in [1.82, 2.24) is 5.32 Å². The van der Waals surface area contributed by atoms with E-state index < -0.39 is 23.9 Å². The van der Waals surface area contributed by atoms with Crippen molar-refractivity contribution < 1.29 is 23.9 Å². The summed E-state index contributed by atoms with van der Waals surface area (Å²) in [6.45, 7) is 4.11. The first-order chi connectivity index (χ1) is 13.8. The predicted octanol–water partition coefficient (Wildman–Crippen LogP) is 2.94. The number of ether oxygens (including phenoxy) is 1. The molecular weight excluding hydrogens is 372 g/mol. The molecule has 2 amide bonds. The van der Waals surface area contributed by atoms with Crippen LogP contribution in [0.25, 0.3) is 6.08 Å². The zero-order valence-corrected chi connectivity index (χ0v) is 16.4. The molecule has 7 heteroatoms. The van der Waals surface area contributed by atoms with Crippen molar-refractivity contribution >= 4 is 35.3 Å². The topological polar surface area (TPSA) is 102 Å². The van der Waals surface area contributed by atoms with Gasteiger partial charge in [-0.1, -0.05) is 42.5 Å². The van der Waals surface area contributed by atoms with Crippen LogP contribution in [0, 0.1) is 0 Å². The molecule has 0 saturated heterocycles.